The molecule has 1 unspecified atom stereocenters. The Bertz CT molecular complexity index is 316. The average Bonchev–Trinajstić information content (AvgIpc) is 2.31. The van der Waals surface area contributed by atoms with E-state index in [2.05, 4.69) is 10.3 Å². The van der Waals surface area contributed by atoms with Gasteiger partial charge in [-0.1, -0.05) is 6.07 Å². The van der Waals surface area contributed by atoms with Gasteiger partial charge in [0.05, 0.1) is 5.29 Å². The largest absolute Gasteiger partial charge is 0.301 e. The maximum atomic E-state index is 10.7. The Morgan fingerprint density at radius 1 is 1.67 bits per heavy atom. The maximum absolute atomic E-state index is 10.7. The van der Waals surface area contributed by atoms with Crippen LogP contribution in [0, 0.1) is 4.91 Å². The van der Waals surface area contributed by atoms with E-state index in [1.807, 2.05) is 12.1 Å². The van der Waals surface area contributed by atoms with Crippen molar-refractivity contribution in [3.63, 3.8) is 0 Å². The summed E-state index contributed by atoms with van der Waals surface area (Å²) in [6, 6.07) is 3.32. The summed E-state index contributed by atoms with van der Waals surface area (Å²) < 4.78 is 0. The predicted molar refractivity (Wildman–Crippen MR) is 56.0 cm³/mol. The lowest BCUT2D eigenvalue weighted by atomic mass is 10.1. The molecular weight excluding hydrogens is 194 g/mol. The van der Waals surface area contributed by atoms with Gasteiger partial charge in [-0.3, -0.25) is 9.99 Å². The van der Waals surface area contributed by atoms with Crippen LogP contribution in [-0.4, -0.2) is 29.4 Å². The van der Waals surface area contributed by atoms with Crippen LogP contribution in [0.15, 0.2) is 29.8 Å². The van der Waals surface area contributed by atoms with Crippen molar-refractivity contribution in [2.24, 2.45) is 5.29 Å². The van der Waals surface area contributed by atoms with Gasteiger partial charge in [0, 0.05) is 19.4 Å². The maximum Gasteiger partial charge on any atom is 0.144 e. The van der Waals surface area contributed by atoms with Crippen LogP contribution in [0.2, 0.25) is 0 Å². The first-order valence-corrected chi connectivity index (χ1v) is 4.68. The van der Waals surface area contributed by atoms with E-state index >= 15 is 0 Å². The van der Waals surface area contributed by atoms with Crippen molar-refractivity contribution < 1.29 is 4.79 Å². The van der Waals surface area contributed by atoms with Crippen LogP contribution in [0.3, 0.4) is 0 Å². The molecule has 0 bridgehead atoms. The second-order valence-electron chi connectivity index (χ2n) is 3.26. The van der Waals surface area contributed by atoms with Crippen molar-refractivity contribution in [3.05, 3.63) is 35.0 Å². The third kappa shape index (κ3) is 3.46. The topological polar surface area (TPSA) is 62.6 Å². The van der Waals surface area contributed by atoms with Crippen molar-refractivity contribution >= 4 is 6.29 Å². The average molecular weight is 207 g/mol. The minimum absolute atomic E-state index is 0.456. The molecule has 0 saturated carbocycles. The fourth-order valence-electron chi connectivity index (χ4n) is 1.26. The summed E-state index contributed by atoms with van der Waals surface area (Å²) in [5, 5.41) is 3.84. The molecule has 0 spiro atoms. The monoisotopic (exact) mass is 207 g/mol. The van der Waals surface area contributed by atoms with E-state index in [0.717, 1.165) is 16.9 Å². The van der Waals surface area contributed by atoms with E-state index in [0.29, 0.717) is 12.8 Å². The highest BCUT2D eigenvalue weighted by molar-refractivity contribution is 5.57. The number of hydrogen-bond acceptors (Lipinski definition) is 4. The Labute approximate surface area is 88.1 Å². The first kappa shape index (κ1) is 11.3. The second-order valence-corrected chi connectivity index (χ2v) is 3.26. The lowest BCUT2D eigenvalue weighted by Gasteiger charge is -2.16. The molecule has 0 amide bonds. The summed E-state index contributed by atoms with van der Waals surface area (Å²) in [6.45, 7) is 0. The van der Waals surface area contributed by atoms with E-state index in [9.17, 15) is 9.70 Å². The SMILES string of the molecule is CN(N=O)C(C=O)CCc1cccnc1. The third-order valence-corrected chi connectivity index (χ3v) is 2.22. The van der Waals surface area contributed by atoms with E-state index in [-0.39, 0.29) is 0 Å². The number of aldehydes is 1. The van der Waals surface area contributed by atoms with Gasteiger partial charge in [-0.05, 0) is 24.5 Å². The minimum atomic E-state index is -0.456. The lowest BCUT2D eigenvalue weighted by Crippen LogP contribution is -2.28. The van der Waals surface area contributed by atoms with Crippen molar-refractivity contribution in [1.29, 1.82) is 0 Å². The Morgan fingerprint density at radius 3 is 3.00 bits per heavy atom. The molecule has 1 heterocycles. The smallest absolute Gasteiger partial charge is 0.144 e. The molecule has 80 valence electrons. The molecule has 0 aliphatic carbocycles. The van der Waals surface area contributed by atoms with Crippen LogP contribution in [0.1, 0.15) is 12.0 Å². The molecule has 0 saturated heterocycles. The van der Waals surface area contributed by atoms with Crippen LogP contribution in [-0.2, 0) is 11.2 Å². The summed E-state index contributed by atoms with van der Waals surface area (Å²) in [7, 11) is 1.50. The molecule has 5 nitrogen and oxygen atoms in total. The zero-order chi connectivity index (χ0) is 11.1. The zero-order valence-corrected chi connectivity index (χ0v) is 8.54. The molecule has 5 heteroatoms. The van der Waals surface area contributed by atoms with Gasteiger partial charge in [0.15, 0.2) is 0 Å². The van der Waals surface area contributed by atoms with Crippen molar-refractivity contribution in [2.75, 3.05) is 7.05 Å². The van der Waals surface area contributed by atoms with E-state index < -0.39 is 6.04 Å². The summed E-state index contributed by atoms with van der Waals surface area (Å²) in [6.07, 6.45) is 5.45. The number of aryl methyl sites for hydroxylation is 1. The van der Waals surface area contributed by atoms with Gasteiger partial charge in [0.2, 0.25) is 0 Å². The van der Waals surface area contributed by atoms with Gasteiger partial charge in [-0.2, -0.15) is 0 Å². The first-order valence-electron chi connectivity index (χ1n) is 4.68. The Morgan fingerprint density at radius 2 is 2.47 bits per heavy atom. The minimum Gasteiger partial charge on any atom is -0.301 e. The number of hydrogen-bond donors (Lipinski definition) is 0. The molecule has 0 N–H and O–H groups in total. The number of pyridine rings is 1. The quantitative estimate of drug-likeness (QED) is 0.399. The van der Waals surface area contributed by atoms with Gasteiger partial charge < -0.3 is 4.79 Å². The predicted octanol–water partition coefficient (Wildman–Crippen LogP) is 1.19. The molecule has 1 aromatic heterocycles. The fourth-order valence-corrected chi connectivity index (χ4v) is 1.26. The molecule has 1 atom stereocenters. The van der Waals surface area contributed by atoms with Crippen molar-refractivity contribution in [3.8, 4) is 0 Å². The lowest BCUT2D eigenvalue weighted by molar-refractivity contribution is -0.112. The Balaban J connectivity index is 2.48. The summed E-state index contributed by atoms with van der Waals surface area (Å²) >= 11 is 0. The van der Waals surface area contributed by atoms with Crippen molar-refractivity contribution in [1.82, 2.24) is 9.99 Å². The van der Waals surface area contributed by atoms with Gasteiger partial charge >= 0.3 is 0 Å². The molecule has 0 aliphatic rings. The summed E-state index contributed by atoms with van der Waals surface area (Å²) in [5.41, 5.74) is 1.05. The van der Waals surface area contributed by atoms with Crippen LogP contribution >= 0.6 is 0 Å². The Hall–Kier alpha value is -1.78. The van der Waals surface area contributed by atoms with Crippen molar-refractivity contribution in [2.45, 2.75) is 18.9 Å². The fraction of sp³-hybridized carbons (Fsp3) is 0.400. The highest BCUT2D eigenvalue weighted by Crippen LogP contribution is 2.06. The van der Waals surface area contributed by atoms with Gasteiger partial charge in [0.25, 0.3) is 0 Å². The van der Waals surface area contributed by atoms with Crippen LogP contribution in [0.25, 0.3) is 0 Å². The number of aromatic nitrogens is 1. The summed E-state index contributed by atoms with van der Waals surface area (Å²) in [5.74, 6) is 0. The molecule has 1 rings (SSSR count). The van der Waals surface area contributed by atoms with Gasteiger partial charge in [-0.15, -0.1) is 4.91 Å². The molecule has 1 aromatic rings. The standard InChI is InChI=1S/C10H13N3O2/c1-13(12-15)10(8-14)5-4-9-3-2-6-11-7-9/h2-3,6-8,10H,4-5H2,1H3. The molecule has 0 aliphatic heterocycles. The highest BCUT2D eigenvalue weighted by atomic mass is 16.3. The normalized spacial score (nSPS) is 11.8. The number of likely N-dealkylation sites (N-methyl/N-ethyl adjacent to an activating group) is 1. The van der Waals surface area contributed by atoms with E-state index in [4.69, 9.17) is 0 Å². The van der Waals surface area contributed by atoms with Crippen LogP contribution in [0.4, 0.5) is 0 Å². The highest BCUT2D eigenvalue weighted by Gasteiger charge is 2.12. The van der Waals surface area contributed by atoms with Gasteiger partial charge in [-0.25, -0.2) is 0 Å². The molecule has 0 fully saturated rings. The van der Waals surface area contributed by atoms with E-state index in [1.54, 1.807) is 12.4 Å². The van der Waals surface area contributed by atoms with Gasteiger partial charge in [0.1, 0.15) is 12.3 Å². The number of rotatable bonds is 6. The Kier molecular flexibility index (Phi) is 4.40. The third-order valence-electron chi connectivity index (χ3n) is 2.22. The molecular formula is C10H13N3O2. The molecule has 0 radical (unpaired) electrons. The van der Waals surface area contributed by atoms with E-state index in [1.165, 1.54) is 7.05 Å². The first-order chi connectivity index (χ1) is 7.27. The second kappa shape index (κ2) is 5.85. The number of nitrogens with zero attached hydrogens (tertiary/aromatic N) is 3. The van der Waals surface area contributed by atoms with Crippen LogP contribution < -0.4 is 0 Å². The number of carbonyl (C=O) groups is 1. The number of carbonyl (C=O) groups excluding carboxylic acids is 1. The zero-order valence-electron chi connectivity index (χ0n) is 8.54. The van der Waals surface area contributed by atoms with Crippen LogP contribution in [0.5, 0.6) is 0 Å². The summed E-state index contributed by atoms with van der Waals surface area (Å²) in [4.78, 5) is 24.9. The number of nitroso groups, excluding NO2 is 1. The molecule has 15 heavy (non-hydrogen) atoms. The molecule has 0 aromatic carbocycles.